The topological polar surface area (TPSA) is 79.1 Å². The average Bonchev–Trinajstić information content (AvgIpc) is 3.61. The molecule has 5 rings (SSSR count). The standard InChI is InChI=1S/C26H33F3N4O4S/c1-25(2,3)37-24(35)33-14-18(13-20(33)23(34)32-10-11-38-15-32)31-8-6-16(7-9-31)22-30-19-12-17(26(27,28)29)4-5-21(19)36-22/h4-5,12,16,18,20H,6-11,13-15H2,1-3H3/t18-,20-/m0/s1. The number of carbonyl (C=O) groups excluding carboxylic acids is 2. The van der Waals surface area contributed by atoms with Gasteiger partial charge in [-0.05, 0) is 71.3 Å². The number of hydrogen-bond donors (Lipinski definition) is 0. The third-order valence-electron chi connectivity index (χ3n) is 7.38. The van der Waals surface area contributed by atoms with Crippen molar-refractivity contribution in [3.05, 3.63) is 29.7 Å². The van der Waals surface area contributed by atoms with Crippen LogP contribution in [0, 0.1) is 0 Å². The van der Waals surface area contributed by atoms with Crippen molar-refractivity contribution < 1.29 is 31.9 Å². The number of amides is 2. The number of hydrogen-bond acceptors (Lipinski definition) is 7. The Balaban J connectivity index is 1.25. The molecule has 3 aliphatic rings. The molecule has 2 atom stereocenters. The van der Waals surface area contributed by atoms with E-state index in [1.54, 1.807) is 16.7 Å². The van der Waals surface area contributed by atoms with Crippen LogP contribution in [-0.4, -0.2) is 87.2 Å². The molecule has 3 aliphatic heterocycles. The first-order valence-electron chi connectivity index (χ1n) is 13.0. The van der Waals surface area contributed by atoms with Gasteiger partial charge in [0.2, 0.25) is 5.91 Å². The fourth-order valence-corrected chi connectivity index (χ4v) is 6.40. The molecule has 4 heterocycles. The quantitative estimate of drug-likeness (QED) is 0.532. The van der Waals surface area contributed by atoms with Crippen molar-refractivity contribution in [3.8, 4) is 0 Å². The summed E-state index contributed by atoms with van der Waals surface area (Å²) in [5.74, 6) is 1.97. The number of likely N-dealkylation sites (tertiary alicyclic amines) is 2. The van der Waals surface area contributed by atoms with Gasteiger partial charge in [0.1, 0.15) is 17.2 Å². The van der Waals surface area contributed by atoms with Crippen LogP contribution < -0.4 is 0 Å². The summed E-state index contributed by atoms with van der Waals surface area (Å²) < 4.78 is 50.7. The zero-order chi connectivity index (χ0) is 27.2. The van der Waals surface area contributed by atoms with Gasteiger partial charge < -0.3 is 14.1 Å². The predicted octanol–water partition coefficient (Wildman–Crippen LogP) is 4.94. The first kappa shape index (κ1) is 27.1. The summed E-state index contributed by atoms with van der Waals surface area (Å²) in [6.45, 7) is 7.97. The Morgan fingerprint density at radius 1 is 1.13 bits per heavy atom. The zero-order valence-corrected chi connectivity index (χ0v) is 22.6. The minimum absolute atomic E-state index is 0.00426. The van der Waals surface area contributed by atoms with E-state index in [1.165, 1.54) is 6.07 Å². The normalized spacial score (nSPS) is 23.9. The molecule has 0 saturated carbocycles. The van der Waals surface area contributed by atoms with Crippen LogP contribution in [0.15, 0.2) is 22.6 Å². The molecule has 0 spiro atoms. The third kappa shape index (κ3) is 5.75. The van der Waals surface area contributed by atoms with Gasteiger partial charge in [-0.1, -0.05) is 0 Å². The maximum absolute atomic E-state index is 13.3. The Hall–Kier alpha value is -2.47. The molecule has 8 nitrogen and oxygen atoms in total. The third-order valence-corrected chi connectivity index (χ3v) is 8.35. The smallest absolute Gasteiger partial charge is 0.416 e. The Labute approximate surface area is 223 Å². The molecule has 12 heteroatoms. The Bertz CT molecular complexity index is 1180. The van der Waals surface area contributed by atoms with Gasteiger partial charge in [0.25, 0.3) is 0 Å². The molecule has 1 aromatic carbocycles. The van der Waals surface area contributed by atoms with E-state index in [4.69, 9.17) is 9.15 Å². The molecule has 0 aliphatic carbocycles. The molecule has 0 bridgehead atoms. The fraction of sp³-hybridized carbons (Fsp3) is 0.654. The number of benzene rings is 1. The van der Waals surface area contributed by atoms with E-state index in [0.29, 0.717) is 50.0 Å². The number of ether oxygens (including phenoxy) is 1. The minimum atomic E-state index is -4.43. The molecule has 208 valence electrons. The number of aromatic nitrogens is 1. The Morgan fingerprint density at radius 3 is 2.50 bits per heavy atom. The van der Waals surface area contributed by atoms with Gasteiger partial charge in [-0.2, -0.15) is 13.2 Å². The lowest BCUT2D eigenvalue weighted by Crippen LogP contribution is -2.48. The summed E-state index contributed by atoms with van der Waals surface area (Å²) in [4.78, 5) is 36.4. The SMILES string of the molecule is CC(C)(C)OC(=O)N1C[C@@H](N2CCC(c3nc4cc(C(F)(F)F)ccc4o3)CC2)C[C@H]1C(=O)N1CCSC1. The van der Waals surface area contributed by atoms with E-state index < -0.39 is 29.5 Å². The molecule has 2 aromatic rings. The molecule has 3 fully saturated rings. The molecule has 1 aromatic heterocycles. The highest BCUT2D eigenvalue weighted by Gasteiger charge is 2.45. The van der Waals surface area contributed by atoms with Crippen LogP contribution >= 0.6 is 11.8 Å². The summed E-state index contributed by atoms with van der Waals surface area (Å²) in [7, 11) is 0. The van der Waals surface area contributed by atoms with Crippen molar-refractivity contribution in [2.45, 2.75) is 69.8 Å². The van der Waals surface area contributed by atoms with Gasteiger partial charge in [0, 0.05) is 30.8 Å². The van der Waals surface area contributed by atoms with E-state index in [0.717, 1.165) is 30.7 Å². The second-order valence-corrected chi connectivity index (χ2v) is 12.3. The van der Waals surface area contributed by atoms with Gasteiger partial charge in [-0.15, -0.1) is 11.8 Å². The number of thioether (sulfide) groups is 1. The van der Waals surface area contributed by atoms with Gasteiger partial charge in [-0.25, -0.2) is 9.78 Å². The Morgan fingerprint density at radius 2 is 1.87 bits per heavy atom. The molecule has 38 heavy (non-hydrogen) atoms. The van der Waals surface area contributed by atoms with E-state index in [2.05, 4.69) is 9.88 Å². The highest BCUT2D eigenvalue weighted by molar-refractivity contribution is 7.99. The second kappa shape index (κ2) is 10.3. The van der Waals surface area contributed by atoms with Crippen molar-refractivity contribution in [1.29, 1.82) is 0 Å². The minimum Gasteiger partial charge on any atom is -0.444 e. The molecular weight excluding hydrogens is 521 g/mol. The van der Waals surface area contributed by atoms with Crippen molar-refractivity contribution in [1.82, 2.24) is 19.7 Å². The van der Waals surface area contributed by atoms with Crippen LogP contribution in [0.3, 0.4) is 0 Å². The highest BCUT2D eigenvalue weighted by Crippen LogP contribution is 2.36. The number of halogens is 3. The molecule has 0 N–H and O–H groups in total. The van der Waals surface area contributed by atoms with Crippen LogP contribution in [-0.2, 0) is 15.7 Å². The lowest BCUT2D eigenvalue weighted by Gasteiger charge is -2.35. The number of oxazole rings is 1. The van der Waals surface area contributed by atoms with Crippen LogP contribution in [0.25, 0.3) is 11.1 Å². The van der Waals surface area contributed by atoms with Crippen LogP contribution in [0.5, 0.6) is 0 Å². The maximum atomic E-state index is 13.3. The van der Waals surface area contributed by atoms with Gasteiger partial charge in [0.05, 0.1) is 11.4 Å². The number of piperidine rings is 1. The van der Waals surface area contributed by atoms with Gasteiger partial charge in [-0.3, -0.25) is 14.6 Å². The van der Waals surface area contributed by atoms with Gasteiger partial charge >= 0.3 is 12.3 Å². The lowest BCUT2D eigenvalue weighted by atomic mass is 9.95. The van der Waals surface area contributed by atoms with E-state index >= 15 is 0 Å². The first-order chi connectivity index (χ1) is 17.9. The Kier molecular flexibility index (Phi) is 7.32. The molecule has 0 unspecified atom stereocenters. The molecular formula is C26H33F3N4O4S. The number of rotatable bonds is 3. The molecule has 3 saturated heterocycles. The summed E-state index contributed by atoms with van der Waals surface area (Å²) in [5, 5.41) is 0. The maximum Gasteiger partial charge on any atom is 0.416 e. The highest BCUT2D eigenvalue weighted by atomic mass is 32.2. The van der Waals surface area contributed by atoms with Crippen LogP contribution in [0.4, 0.5) is 18.0 Å². The fourth-order valence-electron chi connectivity index (χ4n) is 5.44. The van der Waals surface area contributed by atoms with Gasteiger partial charge in [0.15, 0.2) is 11.5 Å². The summed E-state index contributed by atoms with van der Waals surface area (Å²) in [6.07, 6.45) is -2.90. The summed E-state index contributed by atoms with van der Waals surface area (Å²) in [5.41, 5.74) is -0.847. The average molecular weight is 555 g/mol. The van der Waals surface area contributed by atoms with E-state index in [-0.39, 0.29) is 23.4 Å². The number of fused-ring (bicyclic) bond motifs is 1. The zero-order valence-electron chi connectivity index (χ0n) is 21.8. The molecule has 2 amide bonds. The summed E-state index contributed by atoms with van der Waals surface area (Å²) in [6, 6.07) is 2.83. The monoisotopic (exact) mass is 554 g/mol. The van der Waals surface area contributed by atoms with Crippen LogP contribution in [0.2, 0.25) is 0 Å². The van der Waals surface area contributed by atoms with Crippen LogP contribution in [0.1, 0.15) is 57.4 Å². The summed E-state index contributed by atoms with van der Waals surface area (Å²) >= 11 is 1.71. The number of carbonyl (C=O) groups is 2. The van der Waals surface area contributed by atoms with Crippen molar-refractivity contribution in [3.63, 3.8) is 0 Å². The number of nitrogens with zero attached hydrogens (tertiary/aromatic N) is 4. The van der Waals surface area contributed by atoms with Crippen molar-refractivity contribution >= 4 is 34.9 Å². The van der Waals surface area contributed by atoms with Crippen molar-refractivity contribution in [2.24, 2.45) is 0 Å². The van der Waals surface area contributed by atoms with Crippen molar-refractivity contribution in [2.75, 3.05) is 37.8 Å². The number of alkyl halides is 3. The second-order valence-electron chi connectivity index (χ2n) is 11.2. The first-order valence-corrected chi connectivity index (χ1v) is 14.1. The largest absolute Gasteiger partial charge is 0.444 e. The molecule has 0 radical (unpaired) electrons. The van der Waals surface area contributed by atoms with E-state index in [9.17, 15) is 22.8 Å². The lowest BCUT2D eigenvalue weighted by molar-refractivity contribution is -0.137. The predicted molar refractivity (Wildman–Crippen MR) is 137 cm³/mol. The van der Waals surface area contributed by atoms with E-state index in [1.807, 2.05) is 25.7 Å².